The van der Waals surface area contributed by atoms with Gasteiger partial charge in [-0.2, -0.15) is 13.2 Å². The van der Waals surface area contributed by atoms with E-state index in [0.29, 0.717) is 0 Å². The fraction of sp³-hybridized carbons (Fsp3) is 0.400. The highest BCUT2D eigenvalue weighted by Gasteiger charge is 2.40. The summed E-state index contributed by atoms with van der Waals surface area (Å²) in [5.74, 6) is -4.24. The van der Waals surface area contributed by atoms with Crippen molar-refractivity contribution in [3.05, 3.63) is 59.7 Å². The first kappa shape index (κ1) is 26.1. The molecule has 2 aromatic carbocycles. The molecule has 2 aromatic rings. The van der Waals surface area contributed by atoms with Gasteiger partial charge in [-0.25, -0.2) is 4.79 Å². The number of hydrogen-bond acceptors (Lipinski definition) is 4. The first-order valence-electron chi connectivity index (χ1n) is 11.2. The van der Waals surface area contributed by atoms with Crippen LogP contribution in [0.15, 0.2) is 48.5 Å². The topological polar surface area (TPSA) is 105 Å². The average Bonchev–Trinajstić information content (AvgIpc) is 3.09. The molecule has 3 rings (SSSR count). The van der Waals surface area contributed by atoms with E-state index in [4.69, 9.17) is 9.84 Å². The molecule has 0 bridgehead atoms. The minimum absolute atomic E-state index is 0.0342. The zero-order valence-corrected chi connectivity index (χ0v) is 19.1. The summed E-state index contributed by atoms with van der Waals surface area (Å²) in [4.78, 5) is 34.8. The summed E-state index contributed by atoms with van der Waals surface area (Å²) >= 11 is 0. The summed E-state index contributed by atoms with van der Waals surface area (Å²) in [6.07, 6.45) is -7.27. The molecule has 2 atom stereocenters. The number of aliphatic carboxylic acids is 1. The van der Waals surface area contributed by atoms with Crippen LogP contribution in [0.5, 0.6) is 0 Å². The van der Waals surface area contributed by atoms with Crippen molar-refractivity contribution >= 4 is 18.0 Å². The predicted octanol–water partition coefficient (Wildman–Crippen LogP) is 4.46. The molecule has 1 aliphatic carbocycles. The number of benzene rings is 2. The van der Waals surface area contributed by atoms with Gasteiger partial charge in [-0.05, 0) is 35.6 Å². The van der Waals surface area contributed by atoms with Gasteiger partial charge in [-0.3, -0.25) is 9.59 Å². The van der Waals surface area contributed by atoms with Crippen LogP contribution in [0.1, 0.15) is 43.2 Å². The number of carbonyl (C=O) groups excluding carboxylic acids is 2. The number of alkyl carbamates (subject to hydrolysis) is 1. The van der Waals surface area contributed by atoms with Crippen LogP contribution in [0.2, 0.25) is 0 Å². The van der Waals surface area contributed by atoms with E-state index in [2.05, 4.69) is 10.6 Å². The van der Waals surface area contributed by atoms with E-state index < -0.39 is 55.4 Å². The summed E-state index contributed by atoms with van der Waals surface area (Å²) < 4.78 is 45.4. The highest BCUT2D eigenvalue weighted by Crippen LogP contribution is 2.44. The van der Waals surface area contributed by atoms with Gasteiger partial charge in [-0.15, -0.1) is 0 Å². The van der Waals surface area contributed by atoms with Crippen LogP contribution in [0, 0.1) is 5.92 Å². The van der Waals surface area contributed by atoms with Gasteiger partial charge in [0.1, 0.15) is 6.61 Å². The molecule has 0 saturated heterocycles. The molecule has 2 amide bonds. The number of carboxylic acids is 1. The van der Waals surface area contributed by atoms with E-state index in [1.807, 2.05) is 48.5 Å². The third-order valence-electron chi connectivity index (χ3n) is 5.89. The first-order valence-corrected chi connectivity index (χ1v) is 11.2. The molecule has 0 spiro atoms. The quantitative estimate of drug-likeness (QED) is 0.454. The number of carboxylic acid groups (broad SMARTS) is 1. The largest absolute Gasteiger partial charge is 0.481 e. The molecule has 0 aliphatic heterocycles. The maximum Gasteiger partial charge on any atom is 0.407 e. The number of fused-ring (bicyclic) bond motifs is 3. The second-order valence-corrected chi connectivity index (χ2v) is 8.55. The molecule has 7 nitrogen and oxygen atoms in total. The lowest BCUT2D eigenvalue weighted by molar-refractivity contribution is -0.180. The summed E-state index contributed by atoms with van der Waals surface area (Å²) in [5, 5.41) is 13.3. The van der Waals surface area contributed by atoms with Crippen molar-refractivity contribution in [1.82, 2.24) is 10.6 Å². The van der Waals surface area contributed by atoms with Crippen LogP contribution < -0.4 is 10.6 Å². The van der Waals surface area contributed by atoms with Gasteiger partial charge in [0.2, 0.25) is 5.91 Å². The monoisotopic (exact) mass is 492 g/mol. The number of rotatable bonds is 10. The fourth-order valence-electron chi connectivity index (χ4n) is 4.25. The number of hydrogen-bond donors (Lipinski definition) is 3. The van der Waals surface area contributed by atoms with Crippen molar-refractivity contribution in [2.24, 2.45) is 5.92 Å². The van der Waals surface area contributed by atoms with Crippen LogP contribution in [-0.4, -0.2) is 48.4 Å². The number of carbonyl (C=O) groups is 3. The minimum atomic E-state index is -4.66. The Kier molecular flexibility index (Phi) is 8.37. The number of nitrogens with one attached hydrogen (secondary N) is 2. The Morgan fingerprint density at radius 1 is 1.00 bits per heavy atom. The van der Waals surface area contributed by atoms with Crippen LogP contribution in [0.25, 0.3) is 11.1 Å². The molecule has 188 valence electrons. The van der Waals surface area contributed by atoms with E-state index in [-0.39, 0.29) is 19.1 Å². The lowest BCUT2D eigenvalue weighted by Gasteiger charge is -2.21. The standard InChI is InChI=1S/C25H27F3N2O5/c1-15(12-23(32)33)30-22(31)13-16(25(26,27)28)10-11-29-24(34)35-14-21-19-8-4-2-6-17(19)18-7-3-5-9-20(18)21/h2-9,15-16,21H,10-14H2,1H3,(H,29,34)(H,30,31)(H,32,33). The molecule has 3 N–H and O–H groups in total. The number of ether oxygens (including phenoxy) is 1. The molecular formula is C25H27F3N2O5. The van der Waals surface area contributed by atoms with Gasteiger partial charge in [0.15, 0.2) is 0 Å². The first-order chi connectivity index (χ1) is 16.6. The molecule has 0 heterocycles. The summed E-state index contributed by atoms with van der Waals surface area (Å²) in [6.45, 7) is 1.10. The van der Waals surface area contributed by atoms with E-state index in [0.717, 1.165) is 22.3 Å². The van der Waals surface area contributed by atoms with Crippen molar-refractivity contribution in [3.63, 3.8) is 0 Å². The highest BCUT2D eigenvalue weighted by molar-refractivity contribution is 5.79. The number of halogens is 3. The van der Waals surface area contributed by atoms with E-state index in [9.17, 15) is 27.6 Å². The summed E-state index contributed by atoms with van der Waals surface area (Å²) in [6, 6.07) is 14.7. The van der Waals surface area contributed by atoms with Crippen molar-refractivity contribution in [1.29, 1.82) is 0 Å². The van der Waals surface area contributed by atoms with Gasteiger partial charge in [-0.1, -0.05) is 48.5 Å². The second-order valence-electron chi connectivity index (χ2n) is 8.55. The van der Waals surface area contributed by atoms with Crippen molar-refractivity contribution in [2.75, 3.05) is 13.2 Å². The lowest BCUT2D eigenvalue weighted by Crippen LogP contribution is -2.38. The number of amides is 2. The van der Waals surface area contributed by atoms with Gasteiger partial charge >= 0.3 is 18.2 Å². The highest BCUT2D eigenvalue weighted by atomic mass is 19.4. The van der Waals surface area contributed by atoms with Gasteiger partial charge in [0, 0.05) is 24.9 Å². The zero-order valence-electron chi connectivity index (χ0n) is 19.1. The maximum atomic E-state index is 13.4. The fourth-order valence-corrected chi connectivity index (χ4v) is 4.25. The smallest absolute Gasteiger partial charge is 0.407 e. The normalized spacial score (nSPS) is 14.4. The number of alkyl halides is 3. The van der Waals surface area contributed by atoms with Crippen molar-refractivity contribution in [3.8, 4) is 11.1 Å². The minimum Gasteiger partial charge on any atom is -0.481 e. The molecule has 0 fully saturated rings. The molecule has 2 unspecified atom stereocenters. The Labute approximate surface area is 200 Å². The molecular weight excluding hydrogens is 465 g/mol. The predicted molar refractivity (Wildman–Crippen MR) is 122 cm³/mol. The van der Waals surface area contributed by atoms with Crippen molar-refractivity contribution < 1.29 is 37.4 Å². The Morgan fingerprint density at radius 3 is 2.11 bits per heavy atom. The Morgan fingerprint density at radius 2 is 1.57 bits per heavy atom. The lowest BCUT2D eigenvalue weighted by atomic mass is 9.98. The third-order valence-corrected chi connectivity index (χ3v) is 5.89. The van der Waals surface area contributed by atoms with Gasteiger partial charge < -0.3 is 20.5 Å². The molecule has 1 aliphatic rings. The third kappa shape index (κ3) is 6.97. The van der Waals surface area contributed by atoms with E-state index >= 15 is 0 Å². The molecule has 0 radical (unpaired) electrons. The molecule has 0 aromatic heterocycles. The SMILES string of the molecule is CC(CC(=O)O)NC(=O)CC(CCNC(=O)OCC1c2ccccc2-c2ccccc21)C(F)(F)F. The summed E-state index contributed by atoms with van der Waals surface area (Å²) in [5.41, 5.74) is 4.14. The second kappa shape index (κ2) is 11.2. The van der Waals surface area contributed by atoms with Gasteiger partial charge in [0.25, 0.3) is 0 Å². The Hall–Kier alpha value is -3.56. The van der Waals surface area contributed by atoms with Crippen LogP contribution >= 0.6 is 0 Å². The Balaban J connectivity index is 1.50. The molecule has 0 saturated carbocycles. The van der Waals surface area contributed by atoms with Gasteiger partial charge in [0.05, 0.1) is 12.3 Å². The zero-order chi connectivity index (χ0) is 25.6. The van der Waals surface area contributed by atoms with E-state index in [1.54, 1.807) is 0 Å². The average molecular weight is 492 g/mol. The molecule has 10 heteroatoms. The van der Waals surface area contributed by atoms with E-state index in [1.165, 1.54) is 6.92 Å². The van der Waals surface area contributed by atoms with Crippen LogP contribution in [-0.2, 0) is 14.3 Å². The maximum absolute atomic E-state index is 13.4. The van der Waals surface area contributed by atoms with Crippen LogP contribution in [0.4, 0.5) is 18.0 Å². The molecule has 35 heavy (non-hydrogen) atoms. The van der Waals surface area contributed by atoms with Crippen LogP contribution in [0.3, 0.4) is 0 Å². The van der Waals surface area contributed by atoms with Crippen molar-refractivity contribution in [2.45, 2.75) is 44.3 Å². The summed E-state index contributed by atoms with van der Waals surface area (Å²) in [7, 11) is 0. The Bertz CT molecular complexity index is 1030.